The Morgan fingerprint density at radius 3 is 2.36 bits per heavy atom. The summed E-state index contributed by atoms with van der Waals surface area (Å²) in [5.41, 5.74) is 0.173. The molecule has 66 valence electrons. The van der Waals surface area contributed by atoms with E-state index in [0.717, 1.165) is 6.61 Å². The summed E-state index contributed by atoms with van der Waals surface area (Å²) in [5.74, 6) is 0.578. The van der Waals surface area contributed by atoms with Crippen LogP contribution in [0.5, 0.6) is 0 Å². The first-order valence-electron chi connectivity index (χ1n) is 4.23. The average Bonchev–Trinajstić information content (AvgIpc) is 1.85. The molecule has 0 aromatic carbocycles. The molecule has 0 bridgehead atoms. The summed E-state index contributed by atoms with van der Waals surface area (Å²) in [6.07, 6.45) is 0.344. The van der Waals surface area contributed by atoms with Gasteiger partial charge in [-0.2, -0.15) is 0 Å². The Morgan fingerprint density at radius 1 is 1.36 bits per heavy atom. The van der Waals surface area contributed by atoms with E-state index in [2.05, 4.69) is 27.7 Å². The number of ether oxygens (including phenoxy) is 2. The third-order valence-electron chi connectivity index (χ3n) is 2.18. The first kappa shape index (κ1) is 9.01. The molecule has 0 N–H and O–H groups in total. The Hall–Kier alpha value is -0.0800. The third-order valence-corrected chi connectivity index (χ3v) is 2.18. The zero-order valence-corrected chi connectivity index (χ0v) is 7.89. The van der Waals surface area contributed by atoms with Gasteiger partial charge in [0, 0.05) is 5.41 Å². The summed E-state index contributed by atoms with van der Waals surface area (Å²) < 4.78 is 10.8. The van der Waals surface area contributed by atoms with E-state index in [1.54, 1.807) is 0 Å². The van der Waals surface area contributed by atoms with Gasteiger partial charge in [0.2, 0.25) is 0 Å². The van der Waals surface area contributed by atoms with Crippen molar-refractivity contribution in [1.29, 1.82) is 0 Å². The highest BCUT2D eigenvalue weighted by atomic mass is 16.7. The Morgan fingerprint density at radius 2 is 2.00 bits per heavy atom. The summed E-state index contributed by atoms with van der Waals surface area (Å²) in [6, 6.07) is 0. The zero-order chi connectivity index (χ0) is 8.48. The van der Waals surface area contributed by atoms with Crippen LogP contribution in [0.1, 0.15) is 27.7 Å². The third kappa shape index (κ3) is 1.94. The smallest absolute Gasteiger partial charge is 0.147 e. The van der Waals surface area contributed by atoms with Crippen LogP contribution in [0.15, 0.2) is 0 Å². The van der Waals surface area contributed by atoms with Crippen molar-refractivity contribution < 1.29 is 9.47 Å². The highest BCUT2D eigenvalue weighted by molar-refractivity contribution is 4.82. The van der Waals surface area contributed by atoms with Gasteiger partial charge < -0.3 is 9.47 Å². The molecule has 1 rings (SSSR count). The fraction of sp³-hybridized carbons (Fsp3) is 1.00. The highest BCUT2D eigenvalue weighted by Crippen LogP contribution is 2.31. The lowest BCUT2D eigenvalue weighted by atomic mass is 9.81. The molecule has 2 nitrogen and oxygen atoms in total. The molecule has 1 atom stereocenters. The Labute approximate surface area is 68.9 Å². The molecule has 0 aliphatic carbocycles. The van der Waals surface area contributed by atoms with Crippen LogP contribution in [0.4, 0.5) is 0 Å². The van der Waals surface area contributed by atoms with Gasteiger partial charge in [-0.1, -0.05) is 27.7 Å². The summed E-state index contributed by atoms with van der Waals surface area (Å²) in [6.45, 7) is 10.0. The van der Waals surface area contributed by atoms with Gasteiger partial charge in [0.1, 0.15) is 6.79 Å². The van der Waals surface area contributed by atoms with E-state index in [1.807, 2.05) is 0 Å². The summed E-state index contributed by atoms with van der Waals surface area (Å²) in [4.78, 5) is 0. The minimum atomic E-state index is 0.173. The van der Waals surface area contributed by atoms with Crippen molar-refractivity contribution in [2.75, 3.05) is 13.4 Å². The van der Waals surface area contributed by atoms with E-state index in [9.17, 15) is 0 Å². The van der Waals surface area contributed by atoms with Gasteiger partial charge in [0.05, 0.1) is 12.7 Å². The molecule has 1 aliphatic rings. The largest absolute Gasteiger partial charge is 0.355 e. The van der Waals surface area contributed by atoms with Gasteiger partial charge in [-0.05, 0) is 5.92 Å². The second kappa shape index (κ2) is 3.11. The molecular weight excluding hydrogens is 140 g/mol. The van der Waals surface area contributed by atoms with Crippen LogP contribution in [-0.4, -0.2) is 19.5 Å². The van der Waals surface area contributed by atoms with Crippen molar-refractivity contribution >= 4 is 0 Å². The van der Waals surface area contributed by atoms with E-state index < -0.39 is 0 Å². The van der Waals surface area contributed by atoms with Crippen LogP contribution < -0.4 is 0 Å². The zero-order valence-electron chi connectivity index (χ0n) is 7.89. The maximum atomic E-state index is 5.53. The van der Waals surface area contributed by atoms with Crippen LogP contribution in [0, 0.1) is 11.3 Å². The van der Waals surface area contributed by atoms with Crippen LogP contribution in [-0.2, 0) is 9.47 Å². The fourth-order valence-corrected chi connectivity index (χ4v) is 1.83. The SMILES string of the molecule is CC(C)[C@H]1OCOCC1(C)C. The summed E-state index contributed by atoms with van der Waals surface area (Å²) in [5, 5.41) is 0. The molecule has 0 aromatic rings. The van der Waals surface area contributed by atoms with E-state index >= 15 is 0 Å². The van der Waals surface area contributed by atoms with Crippen molar-refractivity contribution in [2.24, 2.45) is 11.3 Å². The molecule has 1 saturated heterocycles. The van der Waals surface area contributed by atoms with Crippen LogP contribution in [0.25, 0.3) is 0 Å². The Balaban J connectivity index is 2.60. The molecule has 1 fully saturated rings. The van der Waals surface area contributed by atoms with Gasteiger partial charge in [-0.25, -0.2) is 0 Å². The van der Waals surface area contributed by atoms with Gasteiger partial charge >= 0.3 is 0 Å². The standard InChI is InChI=1S/C9H18O2/c1-7(2)8-9(3,4)5-10-6-11-8/h7-8H,5-6H2,1-4H3/t8-/m1/s1. The number of rotatable bonds is 1. The Kier molecular flexibility index (Phi) is 2.55. The van der Waals surface area contributed by atoms with Gasteiger partial charge in [-0.15, -0.1) is 0 Å². The quantitative estimate of drug-likeness (QED) is 0.581. The van der Waals surface area contributed by atoms with Gasteiger partial charge in [-0.3, -0.25) is 0 Å². The van der Waals surface area contributed by atoms with Crippen molar-refractivity contribution in [2.45, 2.75) is 33.8 Å². The molecule has 2 heteroatoms. The monoisotopic (exact) mass is 158 g/mol. The first-order valence-corrected chi connectivity index (χ1v) is 4.23. The lowest BCUT2D eigenvalue weighted by molar-refractivity contribution is -0.211. The molecule has 1 aliphatic heterocycles. The minimum Gasteiger partial charge on any atom is -0.355 e. The summed E-state index contributed by atoms with van der Waals surface area (Å²) in [7, 11) is 0. The molecule has 0 saturated carbocycles. The van der Waals surface area contributed by atoms with E-state index in [1.165, 1.54) is 0 Å². The maximum absolute atomic E-state index is 5.53. The predicted octanol–water partition coefficient (Wildman–Crippen LogP) is 2.04. The molecule has 0 spiro atoms. The lowest BCUT2D eigenvalue weighted by Crippen LogP contribution is -2.44. The maximum Gasteiger partial charge on any atom is 0.147 e. The second-order valence-electron chi connectivity index (χ2n) is 4.29. The van der Waals surface area contributed by atoms with Crippen molar-refractivity contribution in [3.8, 4) is 0 Å². The van der Waals surface area contributed by atoms with Crippen molar-refractivity contribution in [3.05, 3.63) is 0 Å². The number of hydrogen-bond acceptors (Lipinski definition) is 2. The van der Waals surface area contributed by atoms with Crippen molar-refractivity contribution in [1.82, 2.24) is 0 Å². The fourth-order valence-electron chi connectivity index (χ4n) is 1.83. The van der Waals surface area contributed by atoms with Crippen molar-refractivity contribution in [3.63, 3.8) is 0 Å². The van der Waals surface area contributed by atoms with E-state index in [-0.39, 0.29) is 5.41 Å². The topological polar surface area (TPSA) is 18.5 Å². The van der Waals surface area contributed by atoms with E-state index in [4.69, 9.17) is 9.47 Å². The van der Waals surface area contributed by atoms with E-state index in [0.29, 0.717) is 18.8 Å². The molecule has 0 unspecified atom stereocenters. The lowest BCUT2D eigenvalue weighted by Gasteiger charge is -2.40. The second-order valence-corrected chi connectivity index (χ2v) is 4.29. The minimum absolute atomic E-state index is 0.173. The molecular formula is C9H18O2. The van der Waals surface area contributed by atoms with Crippen LogP contribution in [0.2, 0.25) is 0 Å². The van der Waals surface area contributed by atoms with Crippen LogP contribution in [0.3, 0.4) is 0 Å². The average molecular weight is 158 g/mol. The molecule has 0 aromatic heterocycles. The molecule has 0 radical (unpaired) electrons. The Bertz CT molecular complexity index is 130. The molecule has 11 heavy (non-hydrogen) atoms. The highest BCUT2D eigenvalue weighted by Gasteiger charge is 2.35. The number of hydrogen-bond donors (Lipinski definition) is 0. The predicted molar refractivity (Wildman–Crippen MR) is 44.3 cm³/mol. The van der Waals surface area contributed by atoms with Gasteiger partial charge in [0.25, 0.3) is 0 Å². The normalized spacial score (nSPS) is 30.8. The molecule has 1 heterocycles. The first-order chi connectivity index (χ1) is 5.04. The molecule has 0 amide bonds. The summed E-state index contributed by atoms with van der Waals surface area (Å²) >= 11 is 0. The van der Waals surface area contributed by atoms with Gasteiger partial charge in [0.15, 0.2) is 0 Å². The van der Waals surface area contributed by atoms with Crippen LogP contribution >= 0.6 is 0 Å².